The van der Waals surface area contributed by atoms with Gasteiger partial charge in [-0.3, -0.25) is 4.79 Å². The Bertz CT molecular complexity index is 566. The van der Waals surface area contributed by atoms with Crippen LogP contribution in [-0.4, -0.2) is 53.5 Å². The third-order valence-electron chi connectivity index (χ3n) is 3.19. The molecule has 1 aromatic rings. The Morgan fingerprint density at radius 1 is 1.53 bits per heavy atom. The van der Waals surface area contributed by atoms with Crippen molar-refractivity contribution in [1.29, 1.82) is 0 Å². The topological polar surface area (TPSA) is 93.4 Å². The van der Waals surface area contributed by atoms with Crippen molar-refractivity contribution in [1.82, 2.24) is 15.0 Å². The monoisotopic (exact) mass is 287 g/mol. The third-order valence-corrected chi connectivity index (χ3v) is 4.94. The van der Waals surface area contributed by atoms with Crippen LogP contribution in [-0.2, 0) is 21.1 Å². The molecule has 1 aromatic heterocycles. The molecular weight excluding hydrogens is 270 g/mol. The highest BCUT2D eigenvalue weighted by atomic mass is 32.2. The zero-order valence-corrected chi connectivity index (χ0v) is 11.8. The number of carbonyl (C=O) groups excluding carboxylic acids is 1. The van der Waals surface area contributed by atoms with Crippen LogP contribution in [0, 0.1) is 6.92 Å². The van der Waals surface area contributed by atoms with E-state index in [0.717, 1.165) is 0 Å². The van der Waals surface area contributed by atoms with Gasteiger partial charge in [0.15, 0.2) is 15.7 Å². The van der Waals surface area contributed by atoms with Gasteiger partial charge in [-0.2, -0.15) is 4.98 Å². The Morgan fingerprint density at radius 2 is 2.26 bits per heavy atom. The fourth-order valence-corrected chi connectivity index (χ4v) is 4.04. The van der Waals surface area contributed by atoms with E-state index in [0.29, 0.717) is 24.7 Å². The van der Waals surface area contributed by atoms with E-state index in [2.05, 4.69) is 10.1 Å². The average molecular weight is 287 g/mol. The van der Waals surface area contributed by atoms with Crippen molar-refractivity contribution in [2.24, 2.45) is 0 Å². The zero-order valence-electron chi connectivity index (χ0n) is 11.0. The first kappa shape index (κ1) is 14.0. The Morgan fingerprint density at radius 3 is 2.74 bits per heavy atom. The van der Waals surface area contributed by atoms with Crippen molar-refractivity contribution in [2.75, 3.05) is 18.1 Å². The number of aryl methyl sites for hydroxylation is 1. The van der Waals surface area contributed by atoms with E-state index >= 15 is 0 Å². The molecule has 0 spiro atoms. The molecule has 2 rings (SSSR count). The van der Waals surface area contributed by atoms with Gasteiger partial charge in [0.1, 0.15) is 0 Å². The Kier molecular flexibility index (Phi) is 3.88. The van der Waals surface area contributed by atoms with Gasteiger partial charge >= 0.3 is 0 Å². The SMILES string of the molecule is CCN(C(=O)Cc1noc(C)n1)C1CCS(=O)(=O)C1. The van der Waals surface area contributed by atoms with Crippen LogP contribution in [0.2, 0.25) is 0 Å². The number of amides is 1. The van der Waals surface area contributed by atoms with E-state index in [4.69, 9.17) is 4.52 Å². The van der Waals surface area contributed by atoms with Crippen LogP contribution in [0.5, 0.6) is 0 Å². The summed E-state index contributed by atoms with van der Waals surface area (Å²) >= 11 is 0. The summed E-state index contributed by atoms with van der Waals surface area (Å²) in [5.41, 5.74) is 0. The fraction of sp³-hybridized carbons (Fsp3) is 0.727. The predicted molar refractivity (Wildman–Crippen MR) is 67.2 cm³/mol. The van der Waals surface area contributed by atoms with E-state index < -0.39 is 9.84 Å². The lowest BCUT2D eigenvalue weighted by molar-refractivity contribution is -0.132. The van der Waals surface area contributed by atoms with Crippen molar-refractivity contribution in [3.8, 4) is 0 Å². The second-order valence-corrected chi connectivity index (χ2v) is 6.87. The number of carbonyl (C=O) groups is 1. The molecule has 1 saturated heterocycles. The van der Waals surface area contributed by atoms with Crippen molar-refractivity contribution in [3.63, 3.8) is 0 Å². The largest absolute Gasteiger partial charge is 0.340 e. The van der Waals surface area contributed by atoms with Gasteiger partial charge in [-0.25, -0.2) is 8.42 Å². The highest BCUT2D eigenvalue weighted by Gasteiger charge is 2.34. The molecule has 1 aliphatic heterocycles. The van der Waals surface area contributed by atoms with Crippen LogP contribution in [0.3, 0.4) is 0 Å². The van der Waals surface area contributed by atoms with Crippen molar-refractivity contribution in [3.05, 3.63) is 11.7 Å². The molecule has 0 saturated carbocycles. The molecule has 1 fully saturated rings. The number of nitrogens with zero attached hydrogens (tertiary/aromatic N) is 3. The number of hydrogen-bond acceptors (Lipinski definition) is 6. The van der Waals surface area contributed by atoms with Crippen LogP contribution >= 0.6 is 0 Å². The zero-order chi connectivity index (χ0) is 14.0. The summed E-state index contributed by atoms with van der Waals surface area (Å²) in [6.07, 6.45) is 0.551. The van der Waals surface area contributed by atoms with Crippen molar-refractivity contribution >= 4 is 15.7 Å². The molecule has 1 atom stereocenters. The quantitative estimate of drug-likeness (QED) is 0.771. The smallest absolute Gasteiger partial charge is 0.230 e. The number of aromatic nitrogens is 2. The lowest BCUT2D eigenvalue weighted by Gasteiger charge is -2.26. The van der Waals surface area contributed by atoms with Gasteiger partial charge in [-0.15, -0.1) is 0 Å². The highest BCUT2D eigenvalue weighted by molar-refractivity contribution is 7.91. The molecule has 8 heteroatoms. The number of likely N-dealkylation sites (N-methyl/N-ethyl adjacent to an activating group) is 1. The lowest BCUT2D eigenvalue weighted by Crippen LogP contribution is -2.41. The summed E-state index contributed by atoms with van der Waals surface area (Å²) in [5, 5.41) is 3.68. The molecule has 2 heterocycles. The van der Waals surface area contributed by atoms with Crippen molar-refractivity contribution < 1.29 is 17.7 Å². The first-order valence-electron chi connectivity index (χ1n) is 6.20. The first-order chi connectivity index (χ1) is 8.91. The predicted octanol–water partition coefficient (Wildman–Crippen LogP) is -0.0439. The molecule has 19 heavy (non-hydrogen) atoms. The molecule has 1 aliphatic rings. The van der Waals surface area contributed by atoms with Crippen LogP contribution < -0.4 is 0 Å². The summed E-state index contributed by atoms with van der Waals surface area (Å²) in [6, 6.07) is -0.226. The maximum absolute atomic E-state index is 12.2. The van der Waals surface area contributed by atoms with E-state index in [-0.39, 0.29) is 29.9 Å². The molecule has 0 aromatic carbocycles. The Hall–Kier alpha value is -1.44. The Labute approximate surface area is 111 Å². The van der Waals surface area contributed by atoms with Gasteiger partial charge in [0.25, 0.3) is 0 Å². The fourth-order valence-electron chi connectivity index (χ4n) is 2.31. The normalized spacial score (nSPS) is 21.5. The van der Waals surface area contributed by atoms with Crippen LogP contribution in [0.15, 0.2) is 4.52 Å². The maximum atomic E-state index is 12.2. The van der Waals surface area contributed by atoms with Gasteiger partial charge < -0.3 is 9.42 Å². The second-order valence-electron chi connectivity index (χ2n) is 4.64. The number of rotatable bonds is 4. The summed E-state index contributed by atoms with van der Waals surface area (Å²) in [5.74, 6) is 0.794. The number of hydrogen-bond donors (Lipinski definition) is 0. The van der Waals surface area contributed by atoms with Gasteiger partial charge in [0.2, 0.25) is 11.8 Å². The maximum Gasteiger partial charge on any atom is 0.230 e. The lowest BCUT2D eigenvalue weighted by atomic mass is 10.2. The third kappa shape index (κ3) is 3.31. The molecule has 0 aliphatic carbocycles. The minimum Gasteiger partial charge on any atom is -0.340 e. The molecule has 106 valence electrons. The highest BCUT2D eigenvalue weighted by Crippen LogP contribution is 2.18. The van der Waals surface area contributed by atoms with E-state index in [1.54, 1.807) is 11.8 Å². The van der Waals surface area contributed by atoms with Crippen LogP contribution in [0.25, 0.3) is 0 Å². The minimum atomic E-state index is -3.00. The first-order valence-corrected chi connectivity index (χ1v) is 8.02. The summed E-state index contributed by atoms with van der Waals surface area (Å²) in [6.45, 7) is 3.97. The van der Waals surface area contributed by atoms with Crippen LogP contribution in [0.1, 0.15) is 25.1 Å². The Balaban J connectivity index is 2.03. The van der Waals surface area contributed by atoms with Gasteiger partial charge in [0, 0.05) is 19.5 Å². The minimum absolute atomic E-state index is 0.0434. The van der Waals surface area contributed by atoms with E-state index in [1.165, 1.54) is 0 Å². The van der Waals surface area contributed by atoms with E-state index in [1.807, 2.05) is 6.92 Å². The molecule has 0 N–H and O–H groups in total. The second kappa shape index (κ2) is 5.28. The van der Waals surface area contributed by atoms with E-state index in [9.17, 15) is 13.2 Å². The molecular formula is C11H17N3O4S. The van der Waals surface area contributed by atoms with Gasteiger partial charge in [0.05, 0.1) is 17.9 Å². The molecule has 0 radical (unpaired) electrons. The van der Waals surface area contributed by atoms with Gasteiger partial charge in [-0.1, -0.05) is 5.16 Å². The molecule has 7 nitrogen and oxygen atoms in total. The standard InChI is InChI=1S/C11H17N3O4S/c1-3-14(9-4-5-19(16,17)7-9)11(15)6-10-12-8(2)18-13-10/h9H,3-7H2,1-2H3. The molecule has 1 amide bonds. The average Bonchev–Trinajstić information content (AvgIpc) is 2.86. The molecule has 0 bridgehead atoms. The molecule has 1 unspecified atom stereocenters. The number of sulfone groups is 1. The van der Waals surface area contributed by atoms with Gasteiger partial charge in [-0.05, 0) is 13.3 Å². The summed E-state index contributed by atoms with van der Waals surface area (Å²) in [4.78, 5) is 17.7. The van der Waals surface area contributed by atoms with Crippen LogP contribution in [0.4, 0.5) is 0 Å². The van der Waals surface area contributed by atoms with Crippen molar-refractivity contribution in [2.45, 2.75) is 32.7 Å². The summed E-state index contributed by atoms with van der Waals surface area (Å²) in [7, 11) is -3.00. The summed E-state index contributed by atoms with van der Waals surface area (Å²) < 4.78 is 27.7.